The monoisotopic (exact) mass is 663 g/mol. The van der Waals surface area contributed by atoms with Crippen LogP contribution in [-0.4, -0.2) is 87.7 Å². The van der Waals surface area contributed by atoms with Crippen molar-refractivity contribution in [1.82, 2.24) is 15.1 Å². The van der Waals surface area contributed by atoms with Gasteiger partial charge in [-0.3, -0.25) is 19.2 Å². The summed E-state index contributed by atoms with van der Waals surface area (Å²) >= 11 is 0. The van der Waals surface area contributed by atoms with E-state index in [-0.39, 0.29) is 49.3 Å². The molecule has 4 aliphatic rings. The first-order valence-electron chi connectivity index (χ1n) is 17.4. The molecule has 5 rings (SSSR count). The maximum Gasteiger partial charge on any atom is 0.306 e. The molecule has 1 spiro atoms. The predicted molar refractivity (Wildman–Crippen MR) is 181 cm³/mol. The second kappa shape index (κ2) is 13.8. The van der Waals surface area contributed by atoms with E-state index in [1.807, 2.05) is 81.2 Å². The number of fused-ring (bicyclic) bond motifs is 2. The molecule has 48 heavy (non-hydrogen) atoms. The van der Waals surface area contributed by atoms with Crippen molar-refractivity contribution in [3.63, 3.8) is 0 Å². The topological polar surface area (TPSA) is 125 Å². The highest BCUT2D eigenvalue weighted by Crippen LogP contribution is 2.56. The third-order valence-electron chi connectivity index (χ3n) is 10.6. The third-order valence-corrected chi connectivity index (χ3v) is 10.6. The number of nitrogens with zero attached hydrogens (tertiary/aromatic N) is 2. The standard InChI is InChI=1S/C38H53N3O7/c1-8-24(2)27(21-42)41-32-35(46)40(37(6,7)23-36(3,4)5)20-14-10-13-17-29(43)47-22-26(25-15-11-9-12-16-25)39-33(44)30-28-18-19-38(32,48-28)31(30)34(41)45/h9-12,14-16,18-19,24,26-28,30-32,42H,8,13,17,20-23H2,1-7H3,(H,39,44)/b14-10-/t24-,26+,27-,28+,30-,31-,32+,38-/m0/s1. The van der Waals surface area contributed by atoms with Gasteiger partial charge >= 0.3 is 5.97 Å². The molecule has 0 aromatic heterocycles. The number of aliphatic hydroxyl groups excluding tert-OH is 1. The first-order chi connectivity index (χ1) is 22.6. The molecule has 10 heteroatoms. The van der Waals surface area contributed by atoms with E-state index in [0.717, 1.165) is 5.56 Å². The second-order valence-corrected chi connectivity index (χ2v) is 15.7. The molecule has 10 nitrogen and oxygen atoms in total. The van der Waals surface area contributed by atoms with Gasteiger partial charge < -0.3 is 29.7 Å². The van der Waals surface area contributed by atoms with Gasteiger partial charge in [0, 0.05) is 18.5 Å². The van der Waals surface area contributed by atoms with Crippen LogP contribution in [0.2, 0.25) is 0 Å². The Kier molecular flexibility index (Phi) is 10.3. The van der Waals surface area contributed by atoms with Gasteiger partial charge in [-0.05, 0) is 43.6 Å². The van der Waals surface area contributed by atoms with E-state index in [9.17, 15) is 19.5 Å². The van der Waals surface area contributed by atoms with Gasteiger partial charge in [0.2, 0.25) is 17.7 Å². The Bertz CT molecular complexity index is 1430. The molecule has 1 aromatic carbocycles. The summed E-state index contributed by atoms with van der Waals surface area (Å²) in [6.45, 7) is 14.2. The summed E-state index contributed by atoms with van der Waals surface area (Å²) in [5.74, 6) is -3.48. The van der Waals surface area contributed by atoms with Crippen molar-refractivity contribution in [1.29, 1.82) is 0 Å². The molecule has 2 fully saturated rings. The largest absolute Gasteiger partial charge is 0.463 e. The van der Waals surface area contributed by atoms with Crippen LogP contribution in [0.5, 0.6) is 0 Å². The maximum absolute atomic E-state index is 15.2. The summed E-state index contributed by atoms with van der Waals surface area (Å²) in [6.07, 6.45) is 8.58. The zero-order valence-electron chi connectivity index (χ0n) is 29.5. The highest BCUT2D eigenvalue weighted by Gasteiger charge is 2.74. The van der Waals surface area contributed by atoms with Crippen molar-refractivity contribution in [2.75, 3.05) is 19.8 Å². The number of cyclic esters (lactones) is 1. The smallest absolute Gasteiger partial charge is 0.306 e. The van der Waals surface area contributed by atoms with Crippen LogP contribution in [0.3, 0.4) is 0 Å². The summed E-state index contributed by atoms with van der Waals surface area (Å²) in [4.78, 5) is 60.5. The van der Waals surface area contributed by atoms with E-state index in [1.54, 1.807) is 11.0 Å². The number of amides is 3. The molecule has 1 aromatic rings. The van der Waals surface area contributed by atoms with Crippen LogP contribution in [0.15, 0.2) is 54.6 Å². The van der Waals surface area contributed by atoms with Gasteiger partial charge in [0.1, 0.15) is 18.2 Å². The average molecular weight is 664 g/mol. The first-order valence-corrected chi connectivity index (χ1v) is 17.4. The molecule has 3 amide bonds. The third kappa shape index (κ3) is 6.70. The highest BCUT2D eigenvalue weighted by molar-refractivity contribution is 6.00. The van der Waals surface area contributed by atoms with E-state index in [2.05, 4.69) is 26.1 Å². The van der Waals surface area contributed by atoms with Crippen molar-refractivity contribution in [3.8, 4) is 0 Å². The molecule has 5 bridgehead atoms. The molecule has 0 unspecified atom stereocenters. The number of esters is 1. The zero-order chi connectivity index (χ0) is 35.0. The van der Waals surface area contributed by atoms with Crippen molar-refractivity contribution < 1.29 is 33.8 Å². The van der Waals surface area contributed by atoms with Crippen LogP contribution < -0.4 is 5.32 Å². The molecule has 0 radical (unpaired) electrons. The van der Waals surface area contributed by atoms with Gasteiger partial charge in [0.05, 0.1) is 36.6 Å². The molecule has 8 atom stereocenters. The summed E-state index contributed by atoms with van der Waals surface area (Å²) < 4.78 is 12.3. The summed E-state index contributed by atoms with van der Waals surface area (Å²) in [5, 5.41) is 13.8. The molecule has 2 N–H and O–H groups in total. The van der Waals surface area contributed by atoms with E-state index < -0.39 is 59.1 Å². The Morgan fingerprint density at radius 1 is 1.04 bits per heavy atom. The number of ether oxygens (including phenoxy) is 2. The zero-order valence-corrected chi connectivity index (χ0v) is 29.5. The molecule has 4 aliphatic heterocycles. The number of allylic oxidation sites excluding steroid dienone is 1. The van der Waals surface area contributed by atoms with Crippen molar-refractivity contribution in [2.24, 2.45) is 23.2 Å². The number of carbonyl (C=O) groups excluding carboxylic acids is 4. The van der Waals surface area contributed by atoms with Gasteiger partial charge in [-0.15, -0.1) is 0 Å². The number of benzene rings is 1. The molecular weight excluding hydrogens is 610 g/mol. The Hall–Kier alpha value is -3.50. The lowest BCUT2D eigenvalue weighted by Crippen LogP contribution is -2.63. The van der Waals surface area contributed by atoms with Crippen LogP contribution in [0.25, 0.3) is 0 Å². The number of rotatable bonds is 7. The molecular formula is C38H53N3O7. The van der Waals surface area contributed by atoms with Gasteiger partial charge in [0.15, 0.2) is 0 Å². The number of carbonyl (C=O) groups is 4. The van der Waals surface area contributed by atoms with E-state index in [4.69, 9.17) is 9.47 Å². The summed E-state index contributed by atoms with van der Waals surface area (Å²) in [7, 11) is 0. The molecule has 2 saturated heterocycles. The van der Waals surface area contributed by atoms with E-state index in [1.165, 1.54) is 0 Å². The lowest BCUT2D eigenvalue weighted by Gasteiger charge is -2.46. The fraction of sp³-hybridized carbons (Fsp3) is 0.632. The minimum atomic E-state index is -1.38. The fourth-order valence-electron chi connectivity index (χ4n) is 8.46. The molecule has 262 valence electrons. The van der Waals surface area contributed by atoms with Crippen molar-refractivity contribution in [3.05, 3.63) is 60.2 Å². The normalized spacial score (nSPS) is 31.8. The predicted octanol–water partition coefficient (Wildman–Crippen LogP) is 4.34. The van der Waals surface area contributed by atoms with Crippen LogP contribution >= 0.6 is 0 Å². The second-order valence-electron chi connectivity index (χ2n) is 15.7. The van der Waals surface area contributed by atoms with Gasteiger partial charge in [-0.2, -0.15) is 0 Å². The van der Waals surface area contributed by atoms with Crippen LogP contribution in [0.4, 0.5) is 0 Å². The minimum Gasteiger partial charge on any atom is -0.463 e. The number of aliphatic hydroxyl groups is 1. The van der Waals surface area contributed by atoms with Crippen molar-refractivity contribution in [2.45, 2.75) is 110 Å². The van der Waals surface area contributed by atoms with E-state index >= 15 is 4.79 Å². The summed E-state index contributed by atoms with van der Waals surface area (Å²) in [5.41, 5.74) is -1.39. The molecule has 0 aliphatic carbocycles. The first kappa shape index (κ1) is 35.8. The number of nitrogens with one attached hydrogen (secondary N) is 1. The van der Waals surface area contributed by atoms with Crippen LogP contribution in [0, 0.1) is 23.2 Å². The minimum absolute atomic E-state index is 0.0707. The van der Waals surface area contributed by atoms with Gasteiger partial charge in [0.25, 0.3) is 0 Å². The van der Waals surface area contributed by atoms with Crippen molar-refractivity contribution >= 4 is 23.7 Å². The summed E-state index contributed by atoms with van der Waals surface area (Å²) in [6, 6.07) is 6.87. The number of hydrogen-bond donors (Lipinski definition) is 2. The maximum atomic E-state index is 15.2. The number of likely N-dealkylation sites (tertiary alicyclic amines) is 1. The lowest BCUT2D eigenvalue weighted by atomic mass is 9.73. The molecule has 4 heterocycles. The lowest BCUT2D eigenvalue weighted by molar-refractivity contribution is -0.155. The van der Waals surface area contributed by atoms with Crippen LogP contribution in [-0.2, 0) is 28.7 Å². The highest BCUT2D eigenvalue weighted by atomic mass is 16.5. The van der Waals surface area contributed by atoms with Gasteiger partial charge in [-0.1, -0.05) is 95.7 Å². The number of hydrogen-bond acceptors (Lipinski definition) is 7. The quantitative estimate of drug-likeness (QED) is 0.329. The Morgan fingerprint density at radius 3 is 2.40 bits per heavy atom. The van der Waals surface area contributed by atoms with Gasteiger partial charge in [-0.25, -0.2) is 0 Å². The SMILES string of the molecule is CC[C@H](C)[C@H](CO)N1C(=O)[C@@H]2[C@H]3C(=O)N[C@@H](c4ccccc4)COC(=O)CC/C=C\CN(C(C)(C)CC(C)(C)C)C(=O)[C@@H]1[C@]21C=C[C@H]3O1. The fourth-order valence-corrected chi connectivity index (χ4v) is 8.46. The average Bonchev–Trinajstić information content (AvgIpc) is 3.67. The van der Waals surface area contributed by atoms with Crippen LogP contribution in [0.1, 0.15) is 85.8 Å². The Labute approximate surface area is 284 Å². The Balaban J connectivity index is 1.64. The van der Waals surface area contributed by atoms with E-state index in [0.29, 0.717) is 19.3 Å². The molecule has 0 saturated carbocycles. The Morgan fingerprint density at radius 2 is 1.75 bits per heavy atom.